The molecular formula is C22H27IN4O2. The molecule has 1 heterocycles. The highest BCUT2D eigenvalue weighted by atomic mass is 127. The van der Waals surface area contributed by atoms with E-state index in [0.717, 1.165) is 16.9 Å². The van der Waals surface area contributed by atoms with Crippen LogP contribution in [0.3, 0.4) is 0 Å². The van der Waals surface area contributed by atoms with Crippen LogP contribution in [0.5, 0.6) is 0 Å². The van der Waals surface area contributed by atoms with Crippen LogP contribution in [-0.4, -0.2) is 36.2 Å². The van der Waals surface area contributed by atoms with Gasteiger partial charge in [-0.1, -0.05) is 60.2 Å². The van der Waals surface area contributed by atoms with Crippen molar-refractivity contribution in [1.29, 1.82) is 0 Å². The Labute approximate surface area is 188 Å². The number of aliphatic hydroxyl groups excluding tert-OH is 1. The van der Waals surface area contributed by atoms with Crippen molar-refractivity contribution in [3.8, 4) is 11.3 Å². The zero-order valence-electron chi connectivity index (χ0n) is 16.6. The fourth-order valence-electron chi connectivity index (χ4n) is 2.86. The number of aromatic nitrogens is 1. The highest BCUT2D eigenvalue weighted by molar-refractivity contribution is 14.0. The van der Waals surface area contributed by atoms with Gasteiger partial charge in [0.1, 0.15) is 0 Å². The van der Waals surface area contributed by atoms with E-state index in [1.54, 1.807) is 13.2 Å². The average molecular weight is 506 g/mol. The Morgan fingerprint density at radius 3 is 2.48 bits per heavy atom. The van der Waals surface area contributed by atoms with E-state index in [2.05, 4.69) is 27.5 Å². The van der Waals surface area contributed by atoms with Gasteiger partial charge >= 0.3 is 0 Å². The number of nitrogens with zero attached hydrogens (tertiary/aromatic N) is 2. The van der Waals surface area contributed by atoms with Crippen LogP contribution in [0.25, 0.3) is 11.3 Å². The molecule has 0 spiro atoms. The largest absolute Gasteiger partial charge is 0.439 e. The van der Waals surface area contributed by atoms with E-state index in [4.69, 9.17) is 4.42 Å². The van der Waals surface area contributed by atoms with Crippen molar-refractivity contribution in [2.75, 3.05) is 20.2 Å². The highest BCUT2D eigenvalue weighted by Gasteiger charge is 2.12. The molecule has 2 aromatic carbocycles. The summed E-state index contributed by atoms with van der Waals surface area (Å²) in [6.45, 7) is 3.10. The van der Waals surface area contributed by atoms with Crippen LogP contribution in [0, 0.1) is 6.92 Å². The standard InChI is InChI=1S/C22H26N4O2.HI/c1-16-8-10-18(11-9-16)20-13-24-21(28-20)14-26-22(23-2)25-12-19(15-27)17-6-4-3-5-7-17;/h3-11,13,19,27H,12,14-15H2,1-2H3,(H2,23,25,26);1H. The minimum Gasteiger partial charge on any atom is -0.439 e. The summed E-state index contributed by atoms with van der Waals surface area (Å²) in [4.78, 5) is 8.55. The molecule has 3 rings (SSSR count). The third-order valence-corrected chi connectivity index (χ3v) is 4.53. The van der Waals surface area contributed by atoms with E-state index in [1.165, 1.54) is 5.56 Å². The first-order chi connectivity index (χ1) is 13.7. The number of hydrogen-bond acceptors (Lipinski definition) is 4. The molecule has 7 heteroatoms. The average Bonchev–Trinajstić information content (AvgIpc) is 3.21. The second-order valence-electron chi connectivity index (χ2n) is 6.58. The van der Waals surface area contributed by atoms with Crippen LogP contribution in [0.4, 0.5) is 0 Å². The van der Waals surface area contributed by atoms with E-state index >= 15 is 0 Å². The molecule has 0 bridgehead atoms. The van der Waals surface area contributed by atoms with E-state index in [9.17, 15) is 5.11 Å². The Bertz CT molecular complexity index is 895. The van der Waals surface area contributed by atoms with Gasteiger partial charge in [0.05, 0.1) is 19.3 Å². The van der Waals surface area contributed by atoms with Crippen LogP contribution in [0.15, 0.2) is 70.2 Å². The predicted molar refractivity (Wildman–Crippen MR) is 127 cm³/mol. The molecule has 154 valence electrons. The summed E-state index contributed by atoms with van der Waals surface area (Å²) in [6.07, 6.45) is 1.73. The molecule has 0 saturated heterocycles. The minimum absolute atomic E-state index is 0. The summed E-state index contributed by atoms with van der Waals surface area (Å²) in [5.74, 6) is 1.95. The van der Waals surface area contributed by atoms with Crippen LogP contribution in [0.1, 0.15) is 22.9 Å². The highest BCUT2D eigenvalue weighted by Crippen LogP contribution is 2.20. The molecule has 0 saturated carbocycles. The van der Waals surface area contributed by atoms with Gasteiger partial charge in [-0.2, -0.15) is 0 Å². The molecule has 0 aliphatic carbocycles. The molecule has 0 amide bonds. The maximum atomic E-state index is 9.68. The van der Waals surface area contributed by atoms with Crippen molar-refractivity contribution in [2.45, 2.75) is 19.4 Å². The van der Waals surface area contributed by atoms with Gasteiger partial charge < -0.3 is 20.2 Å². The number of aryl methyl sites for hydroxylation is 1. The minimum atomic E-state index is -0.00497. The SMILES string of the molecule is CN=C(NCc1ncc(-c2ccc(C)cc2)o1)NCC(CO)c1ccccc1.I. The molecule has 1 unspecified atom stereocenters. The molecule has 0 radical (unpaired) electrons. The van der Waals surface area contributed by atoms with Gasteiger partial charge in [0.25, 0.3) is 0 Å². The third-order valence-electron chi connectivity index (χ3n) is 4.53. The molecule has 29 heavy (non-hydrogen) atoms. The lowest BCUT2D eigenvalue weighted by molar-refractivity contribution is 0.265. The van der Waals surface area contributed by atoms with Gasteiger partial charge in [-0.05, 0) is 12.5 Å². The quantitative estimate of drug-likeness (QED) is 0.259. The second-order valence-corrected chi connectivity index (χ2v) is 6.58. The number of oxazole rings is 1. The molecule has 1 aromatic heterocycles. The Morgan fingerprint density at radius 1 is 1.10 bits per heavy atom. The fourth-order valence-corrected chi connectivity index (χ4v) is 2.86. The number of aliphatic hydroxyl groups is 1. The molecular weight excluding hydrogens is 479 g/mol. The maximum absolute atomic E-state index is 9.68. The lowest BCUT2D eigenvalue weighted by Gasteiger charge is -2.17. The van der Waals surface area contributed by atoms with E-state index in [1.807, 2.05) is 54.6 Å². The number of benzene rings is 2. The Morgan fingerprint density at radius 2 is 1.83 bits per heavy atom. The molecule has 6 nitrogen and oxygen atoms in total. The number of nitrogens with one attached hydrogen (secondary N) is 2. The van der Waals surface area contributed by atoms with Gasteiger partial charge in [-0.15, -0.1) is 24.0 Å². The molecule has 3 aromatic rings. The first kappa shape index (κ1) is 22.9. The summed E-state index contributed by atoms with van der Waals surface area (Å²) in [6, 6.07) is 18.1. The summed E-state index contributed by atoms with van der Waals surface area (Å²) < 4.78 is 5.82. The second kappa shape index (κ2) is 11.6. The number of hydrogen-bond donors (Lipinski definition) is 3. The lowest BCUT2D eigenvalue weighted by Crippen LogP contribution is -2.39. The maximum Gasteiger partial charge on any atom is 0.214 e. The van der Waals surface area contributed by atoms with E-state index in [0.29, 0.717) is 24.9 Å². The molecule has 0 fully saturated rings. The van der Waals surface area contributed by atoms with Crippen molar-refractivity contribution < 1.29 is 9.52 Å². The van der Waals surface area contributed by atoms with Crippen molar-refractivity contribution in [1.82, 2.24) is 15.6 Å². The first-order valence-corrected chi connectivity index (χ1v) is 9.31. The zero-order valence-corrected chi connectivity index (χ0v) is 19.0. The van der Waals surface area contributed by atoms with Gasteiger partial charge in [-0.25, -0.2) is 4.98 Å². The molecule has 1 atom stereocenters. The van der Waals surface area contributed by atoms with Crippen molar-refractivity contribution in [3.05, 3.63) is 77.8 Å². The van der Waals surface area contributed by atoms with Gasteiger partial charge in [0, 0.05) is 25.1 Å². The number of aliphatic imine (C=N–C) groups is 1. The van der Waals surface area contributed by atoms with Crippen LogP contribution >= 0.6 is 24.0 Å². The van der Waals surface area contributed by atoms with Gasteiger partial charge in [0.15, 0.2) is 11.7 Å². The van der Waals surface area contributed by atoms with Crippen molar-refractivity contribution in [3.63, 3.8) is 0 Å². The molecule has 0 aliphatic heterocycles. The Hall–Kier alpha value is -2.39. The smallest absolute Gasteiger partial charge is 0.214 e. The zero-order chi connectivity index (χ0) is 19.8. The predicted octanol–water partition coefficient (Wildman–Crippen LogP) is 3.71. The van der Waals surface area contributed by atoms with Crippen molar-refractivity contribution in [2.24, 2.45) is 4.99 Å². The van der Waals surface area contributed by atoms with Crippen molar-refractivity contribution >= 4 is 29.9 Å². The summed E-state index contributed by atoms with van der Waals surface area (Å²) >= 11 is 0. The van der Waals surface area contributed by atoms with Crippen LogP contribution < -0.4 is 10.6 Å². The first-order valence-electron chi connectivity index (χ1n) is 9.31. The summed E-state index contributed by atoms with van der Waals surface area (Å²) in [5.41, 5.74) is 3.29. The third kappa shape index (κ3) is 6.57. The Kier molecular flexibility index (Phi) is 9.14. The van der Waals surface area contributed by atoms with Crippen LogP contribution in [-0.2, 0) is 6.54 Å². The number of rotatable bonds is 7. The number of guanidine groups is 1. The van der Waals surface area contributed by atoms with E-state index in [-0.39, 0.29) is 36.5 Å². The summed E-state index contributed by atoms with van der Waals surface area (Å²) in [7, 11) is 1.71. The van der Waals surface area contributed by atoms with E-state index < -0.39 is 0 Å². The Balaban J connectivity index is 0.00000300. The summed E-state index contributed by atoms with van der Waals surface area (Å²) in [5, 5.41) is 16.1. The number of halogens is 1. The van der Waals surface area contributed by atoms with Crippen LogP contribution in [0.2, 0.25) is 0 Å². The topological polar surface area (TPSA) is 82.7 Å². The lowest BCUT2D eigenvalue weighted by atomic mass is 10.0. The molecule has 3 N–H and O–H groups in total. The van der Waals surface area contributed by atoms with Gasteiger partial charge in [0.2, 0.25) is 5.89 Å². The fraction of sp³-hybridized carbons (Fsp3) is 0.273. The normalized spacial score (nSPS) is 12.2. The monoisotopic (exact) mass is 506 g/mol. The van der Waals surface area contributed by atoms with Gasteiger partial charge in [-0.3, -0.25) is 4.99 Å². The molecule has 0 aliphatic rings.